The number of aromatic carboxylic acids is 1. The zero-order valence-electron chi connectivity index (χ0n) is 10.5. The Bertz CT molecular complexity index is 495. The summed E-state index contributed by atoms with van der Waals surface area (Å²) in [6.45, 7) is 4.60. The first-order valence-electron chi connectivity index (χ1n) is 6.06. The fourth-order valence-electron chi connectivity index (χ4n) is 2.21. The average molecular weight is 246 g/mol. The highest BCUT2D eigenvalue weighted by Crippen LogP contribution is 2.20. The van der Waals surface area contributed by atoms with Gasteiger partial charge in [-0.05, 0) is 25.0 Å². The van der Waals surface area contributed by atoms with Crippen LogP contribution in [0, 0.1) is 0 Å². The van der Waals surface area contributed by atoms with Crippen molar-refractivity contribution in [1.82, 2.24) is 4.90 Å². The van der Waals surface area contributed by atoms with Crippen LogP contribution in [0.3, 0.4) is 0 Å². The second-order valence-corrected chi connectivity index (χ2v) is 4.72. The standard InChI is InChI=1S/C14H18N2O2/c1-10-5-7-16(8-6-10)9-11-3-2-4-12(15)13(11)14(17)18/h2-5H,6-9,15H2,1H3,(H,17,18). The van der Waals surface area contributed by atoms with E-state index in [0.717, 1.165) is 25.1 Å². The lowest BCUT2D eigenvalue weighted by Gasteiger charge is -2.26. The summed E-state index contributed by atoms with van der Waals surface area (Å²) in [4.78, 5) is 13.5. The van der Waals surface area contributed by atoms with E-state index in [0.29, 0.717) is 12.2 Å². The normalized spacial score (nSPS) is 16.4. The SMILES string of the molecule is CC1=CCN(Cc2cccc(N)c2C(=O)O)CC1. The van der Waals surface area contributed by atoms with Crippen LogP contribution >= 0.6 is 0 Å². The quantitative estimate of drug-likeness (QED) is 0.633. The molecule has 0 saturated carbocycles. The molecule has 0 amide bonds. The third kappa shape index (κ3) is 2.71. The van der Waals surface area contributed by atoms with Crippen LogP contribution in [0.25, 0.3) is 0 Å². The van der Waals surface area contributed by atoms with Crippen molar-refractivity contribution in [1.29, 1.82) is 0 Å². The van der Waals surface area contributed by atoms with Crippen molar-refractivity contribution in [3.63, 3.8) is 0 Å². The second-order valence-electron chi connectivity index (χ2n) is 4.72. The molecule has 1 aromatic rings. The highest BCUT2D eigenvalue weighted by molar-refractivity contribution is 5.95. The Hall–Kier alpha value is -1.81. The van der Waals surface area contributed by atoms with Gasteiger partial charge in [0.25, 0.3) is 0 Å². The highest BCUT2D eigenvalue weighted by Gasteiger charge is 2.17. The molecule has 0 fully saturated rings. The average Bonchev–Trinajstić information content (AvgIpc) is 2.32. The van der Waals surface area contributed by atoms with E-state index < -0.39 is 5.97 Å². The van der Waals surface area contributed by atoms with Gasteiger partial charge in [-0.1, -0.05) is 23.8 Å². The number of nitrogens with zero attached hydrogens (tertiary/aromatic N) is 1. The lowest BCUT2D eigenvalue weighted by atomic mass is 10.0. The van der Waals surface area contributed by atoms with Gasteiger partial charge >= 0.3 is 5.97 Å². The Balaban J connectivity index is 2.19. The van der Waals surface area contributed by atoms with Crippen LogP contribution in [-0.2, 0) is 6.54 Å². The van der Waals surface area contributed by atoms with Gasteiger partial charge in [0.2, 0.25) is 0 Å². The summed E-state index contributed by atoms with van der Waals surface area (Å²) in [5.41, 5.74) is 8.50. The van der Waals surface area contributed by atoms with Gasteiger partial charge < -0.3 is 10.8 Å². The van der Waals surface area contributed by atoms with Crippen LogP contribution in [0.1, 0.15) is 29.3 Å². The minimum Gasteiger partial charge on any atom is -0.478 e. The van der Waals surface area contributed by atoms with E-state index in [2.05, 4.69) is 17.9 Å². The van der Waals surface area contributed by atoms with Crippen molar-refractivity contribution in [3.05, 3.63) is 41.0 Å². The molecule has 0 atom stereocenters. The topological polar surface area (TPSA) is 66.6 Å². The molecule has 1 aromatic carbocycles. The summed E-state index contributed by atoms with van der Waals surface area (Å²) >= 11 is 0. The van der Waals surface area contributed by atoms with Crippen molar-refractivity contribution < 1.29 is 9.90 Å². The zero-order chi connectivity index (χ0) is 13.1. The first kappa shape index (κ1) is 12.6. The van der Waals surface area contributed by atoms with Crippen LogP contribution in [0.2, 0.25) is 0 Å². The summed E-state index contributed by atoms with van der Waals surface area (Å²) in [7, 11) is 0. The molecule has 0 radical (unpaired) electrons. The fourth-order valence-corrected chi connectivity index (χ4v) is 2.21. The molecule has 1 heterocycles. The van der Waals surface area contributed by atoms with E-state index in [1.165, 1.54) is 5.57 Å². The van der Waals surface area contributed by atoms with Gasteiger partial charge in [0.1, 0.15) is 0 Å². The van der Waals surface area contributed by atoms with E-state index in [1.807, 2.05) is 12.1 Å². The molecule has 4 heteroatoms. The van der Waals surface area contributed by atoms with Crippen LogP contribution < -0.4 is 5.73 Å². The molecule has 0 aromatic heterocycles. The smallest absolute Gasteiger partial charge is 0.338 e. The van der Waals surface area contributed by atoms with Gasteiger partial charge in [-0.3, -0.25) is 4.90 Å². The van der Waals surface area contributed by atoms with Crippen molar-refractivity contribution in [3.8, 4) is 0 Å². The number of carboxylic acid groups (broad SMARTS) is 1. The van der Waals surface area contributed by atoms with Crippen molar-refractivity contribution >= 4 is 11.7 Å². The maximum atomic E-state index is 11.2. The lowest BCUT2D eigenvalue weighted by molar-refractivity contribution is 0.0695. The number of benzene rings is 1. The summed E-state index contributed by atoms with van der Waals surface area (Å²) < 4.78 is 0. The summed E-state index contributed by atoms with van der Waals surface area (Å²) in [6, 6.07) is 5.28. The number of nitrogens with two attached hydrogens (primary N) is 1. The fraction of sp³-hybridized carbons (Fsp3) is 0.357. The Labute approximate surface area is 107 Å². The minimum atomic E-state index is -0.952. The summed E-state index contributed by atoms with van der Waals surface area (Å²) in [5, 5.41) is 9.21. The molecule has 18 heavy (non-hydrogen) atoms. The number of hydrogen-bond acceptors (Lipinski definition) is 3. The lowest BCUT2D eigenvalue weighted by Crippen LogP contribution is -2.28. The molecule has 0 spiro atoms. The molecule has 0 bridgehead atoms. The summed E-state index contributed by atoms with van der Waals surface area (Å²) in [5.74, 6) is -0.952. The largest absolute Gasteiger partial charge is 0.478 e. The number of rotatable bonds is 3. The van der Waals surface area contributed by atoms with Gasteiger partial charge in [-0.25, -0.2) is 4.79 Å². The van der Waals surface area contributed by atoms with Gasteiger partial charge in [-0.15, -0.1) is 0 Å². The highest BCUT2D eigenvalue weighted by atomic mass is 16.4. The second kappa shape index (κ2) is 5.23. The number of hydrogen-bond donors (Lipinski definition) is 2. The van der Waals surface area contributed by atoms with E-state index in [1.54, 1.807) is 6.07 Å². The Morgan fingerprint density at radius 3 is 2.89 bits per heavy atom. The van der Waals surface area contributed by atoms with E-state index in [4.69, 9.17) is 5.73 Å². The first-order valence-corrected chi connectivity index (χ1v) is 6.06. The van der Waals surface area contributed by atoms with Gasteiger partial charge in [-0.2, -0.15) is 0 Å². The Morgan fingerprint density at radius 1 is 1.50 bits per heavy atom. The van der Waals surface area contributed by atoms with Crippen LogP contribution in [0.4, 0.5) is 5.69 Å². The van der Waals surface area contributed by atoms with Gasteiger partial charge in [0.15, 0.2) is 0 Å². The van der Waals surface area contributed by atoms with E-state index >= 15 is 0 Å². The number of nitrogen functional groups attached to an aromatic ring is 1. The predicted molar refractivity (Wildman–Crippen MR) is 71.5 cm³/mol. The molecule has 1 aliphatic heterocycles. The molecular weight excluding hydrogens is 228 g/mol. The van der Waals surface area contributed by atoms with Crippen molar-refractivity contribution in [2.45, 2.75) is 19.9 Å². The maximum absolute atomic E-state index is 11.2. The predicted octanol–water partition coefficient (Wildman–Crippen LogP) is 2.12. The molecular formula is C14H18N2O2. The van der Waals surface area contributed by atoms with Gasteiger partial charge in [0.05, 0.1) is 5.56 Å². The maximum Gasteiger partial charge on any atom is 0.338 e. The van der Waals surface area contributed by atoms with E-state index in [9.17, 15) is 9.90 Å². The number of carbonyl (C=O) groups is 1. The molecule has 0 aliphatic carbocycles. The van der Waals surface area contributed by atoms with Gasteiger partial charge in [0, 0.05) is 25.3 Å². The molecule has 4 nitrogen and oxygen atoms in total. The van der Waals surface area contributed by atoms with Crippen molar-refractivity contribution in [2.24, 2.45) is 0 Å². The third-order valence-electron chi connectivity index (χ3n) is 3.31. The molecule has 2 rings (SSSR count). The van der Waals surface area contributed by atoms with Crippen LogP contribution in [-0.4, -0.2) is 29.1 Å². The molecule has 1 aliphatic rings. The molecule has 0 unspecified atom stereocenters. The summed E-state index contributed by atoms with van der Waals surface area (Å²) in [6.07, 6.45) is 3.24. The van der Waals surface area contributed by atoms with Crippen LogP contribution in [0.15, 0.2) is 29.8 Å². The third-order valence-corrected chi connectivity index (χ3v) is 3.31. The first-order chi connectivity index (χ1) is 8.58. The number of anilines is 1. The van der Waals surface area contributed by atoms with Crippen molar-refractivity contribution in [2.75, 3.05) is 18.8 Å². The van der Waals surface area contributed by atoms with E-state index in [-0.39, 0.29) is 5.56 Å². The zero-order valence-corrected chi connectivity index (χ0v) is 10.5. The molecule has 96 valence electrons. The monoisotopic (exact) mass is 246 g/mol. The molecule has 3 N–H and O–H groups in total. The minimum absolute atomic E-state index is 0.240. The molecule has 0 saturated heterocycles. The van der Waals surface area contributed by atoms with Crippen LogP contribution in [0.5, 0.6) is 0 Å². The number of carboxylic acids is 1. The Morgan fingerprint density at radius 2 is 2.28 bits per heavy atom. The Kier molecular flexibility index (Phi) is 3.67.